The molecule has 2 aromatic heterocycles. The van der Waals surface area contributed by atoms with E-state index in [2.05, 4.69) is 30.5 Å². The number of likely N-dealkylation sites (tertiary alicyclic amines) is 1. The molecule has 4 aromatic rings. The third kappa shape index (κ3) is 5.75. The number of aromatic nitrogens is 3. The molecule has 2 fully saturated rings. The Morgan fingerprint density at radius 1 is 1.20 bits per heavy atom. The van der Waals surface area contributed by atoms with Crippen molar-refractivity contribution in [3.8, 4) is 35.6 Å². The lowest BCUT2D eigenvalue weighted by atomic mass is 9.95. The third-order valence-electron chi connectivity index (χ3n) is 8.63. The Balaban J connectivity index is 1.44. The summed E-state index contributed by atoms with van der Waals surface area (Å²) in [5.41, 5.74) is 2.54. The van der Waals surface area contributed by atoms with Gasteiger partial charge in [0.15, 0.2) is 11.6 Å². The number of hydrogen-bond donors (Lipinski definition) is 0. The average molecular weight is 608 g/mol. The quantitative estimate of drug-likeness (QED) is 0.217. The van der Waals surface area contributed by atoms with E-state index in [-0.39, 0.29) is 37.1 Å². The fourth-order valence-corrected chi connectivity index (χ4v) is 6.26. The van der Waals surface area contributed by atoms with Crippen LogP contribution in [-0.4, -0.2) is 82.6 Å². The summed E-state index contributed by atoms with van der Waals surface area (Å²) in [7, 11) is 2.06. The summed E-state index contributed by atoms with van der Waals surface area (Å²) < 4.78 is 34.7. The predicted molar refractivity (Wildman–Crippen MR) is 168 cm³/mol. The maximum atomic E-state index is 14.8. The van der Waals surface area contributed by atoms with Crippen LogP contribution in [-0.2, 0) is 4.79 Å². The molecule has 0 spiro atoms. The van der Waals surface area contributed by atoms with Crippen molar-refractivity contribution in [2.45, 2.75) is 31.3 Å². The number of carbonyl (C=O) groups is 1. The van der Waals surface area contributed by atoms with E-state index in [0.717, 1.165) is 24.8 Å². The Kier molecular flexibility index (Phi) is 8.29. The van der Waals surface area contributed by atoms with Crippen LogP contribution in [0.4, 0.5) is 14.6 Å². The molecule has 1 unspecified atom stereocenters. The summed E-state index contributed by atoms with van der Waals surface area (Å²) in [4.78, 5) is 32.2. The lowest BCUT2D eigenvalue weighted by molar-refractivity contribution is -0.131. The highest BCUT2D eigenvalue weighted by Gasteiger charge is 2.33. The minimum Gasteiger partial charge on any atom is -0.462 e. The maximum absolute atomic E-state index is 14.8. The fourth-order valence-electron chi connectivity index (χ4n) is 6.26. The molecule has 0 radical (unpaired) electrons. The number of benzene rings is 2. The number of fused-ring (bicyclic) bond motifs is 2. The zero-order valence-electron chi connectivity index (χ0n) is 24.8. The number of pyridine rings is 1. The van der Waals surface area contributed by atoms with Crippen molar-refractivity contribution in [2.24, 2.45) is 0 Å². The predicted octanol–water partition coefficient (Wildman–Crippen LogP) is 4.85. The Hall–Kier alpha value is -5.13. The first-order valence-electron chi connectivity index (χ1n) is 14.7. The van der Waals surface area contributed by atoms with Gasteiger partial charge in [-0.25, -0.2) is 8.78 Å². The van der Waals surface area contributed by atoms with Crippen molar-refractivity contribution >= 4 is 33.5 Å². The van der Waals surface area contributed by atoms with Crippen molar-refractivity contribution in [3.05, 3.63) is 66.4 Å². The van der Waals surface area contributed by atoms with Crippen LogP contribution in [0.1, 0.15) is 24.8 Å². The van der Waals surface area contributed by atoms with E-state index in [1.165, 1.54) is 11.0 Å². The number of piperazine rings is 1. The molecule has 0 aliphatic carbocycles. The van der Waals surface area contributed by atoms with Crippen LogP contribution in [0.5, 0.6) is 6.01 Å². The van der Waals surface area contributed by atoms with Gasteiger partial charge in [0.05, 0.1) is 29.6 Å². The maximum Gasteiger partial charge on any atom is 0.319 e. The molecule has 11 heteroatoms. The lowest BCUT2D eigenvalue weighted by Crippen LogP contribution is -2.55. The van der Waals surface area contributed by atoms with Crippen LogP contribution >= 0.6 is 0 Å². The van der Waals surface area contributed by atoms with Crippen molar-refractivity contribution in [1.29, 1.82) is 5.26 Å². The van der Waals surface area contributed by atoms with Crippen molar-refractivity contribution < 1.29 is 18.3 Å². The van der Waals surface area contributed by atoms with E-state index in [1.54, 1.807) is 12.3 Å². The van der Waals surface area contributed by atoms with Gasteiger partial charge in [0.2, 0.25) is 0 Å². The summed E-state index contributed by atoms with van der Waals surface area (Å²) in [5, 5.41) is 10.9. The second kappa shape index (κ2) is 12.5. The molecule has 2 saturated heterocycles. The van der Waals surface area contributed by atoms with Crippen LogP contribution in [0.2, 0.25) is 0 Å². The largest absolute Gasteiger partial charge is 0.462 e. The normalized spacial score (nSPS) is 18.6. The molecule has 0 bridgehead atoms. The molecule has 0 N–H and O–H groups in total. The first kappa shape index (κ1) is 29.9. The molecule has 2 aliphatic rings. The Morgan fingerprint density at radius 3 is 2.78 bits per heavy atom. The van der Waals surface area contributed by atoms with Gasteiger partial charge in [-0.2, -0.15) is 15.2 Å². The van der Waals surface area contributed by atoms with Gasteiger partial charge in [-0.1, -0.05) is 36.8 Å². The highest BCUT2D eigenvalue weighted by atomic mass is 19.1. The SMILES string of the molecule is C#Cc1c(F)ccc2cccc(-c3cnc4c(N5CCN(C(=O)C(=C)F)[C@@H](CC#N)C5)nc(OCC5CCCN5C)nc4c3)c12. The number of amides is 1. The highest BCUT2D eigenvalue weighted by Crippen LogP contribution is 2.35. The summed E-state index contributed by atoms with van der Waals surface area (Å²) in [6.45, 7) is 5.24. The van der Waals surface area contributed by atoms with Gasteiger partial charge in [-0.3, -0.25) is 9.78 Å². The Bertz CT molecular complexity index is 1900. The van der Waals surface area contributed by atoms with Gasteiger partial charge in [-0.05, 0) is 49.5 Å². The molecule has 6 rings (SSSR count). The van der Waals surface area contributed by atoms with Gasteiger partial charge in [-0.15, -0.1) is 6.42 Å². The standard InChI is InChI=1S/C34H31F2N7O2/c1-4-26-28(36)11-10-22-7-5-9-27(30(22)26)23-17-29-31(38-18-23)32(40-34(39-29)45-20-25-8-6-14-41(25)3)42-15-16-43(33(44)21(2)35)24(19-42)12-13-37/h1,5,7,9-11,17-18,24-25H,2,6,8,12,14-16,19-20H2,3H3/t24-,25?/m0/s1. The van der Waals surface area contributed by atoms with Gasteiger partial charge in [0.1, 0.15) is 17.9 Å². The molecule has 45 heavy (non-hydrogen) atoms. The number of anilines is 1. The van der Waals surface area contributed by atoms with Gasteiger partial charge in [0.25, 0.3) is 5.91 Å². The van der Waals surface area contributed by atoms with E-state index in [0.29, 0.717) is 46.5 Å². The number of hydrogen-bond acceptors (Lipinski definition) is 8. The topological polar surface area (TPSA) is 98.5 Å². The first-order chi connectivity index (χ1) is 21.8. The number of nitrogens with zero attached hydrogens (tertiary/aromatic N) is 7. The van der Waals surface area contributed by atoms with Gasteiger partial charge >= 0.3 is 6.01 Å². The van der Waals surface area contributed by atoms with E-state index >= 15 is 0 Å². The van der Waals surface area contributed by atoms with Gasteiger partial charge < -0.3 is 19.4 Å². The summed E-state index contributed by atoms with van der Waals surface area (Å²) >= 11 is 0. The van der Waals surface area contributed by atoms with E-state index in [4.69, 9.17) is 26.1 Å². The Morgan fingerprint density at radius 2 is 2.04 bits per heavy atom. The molecule has 4 heterocycles. The van der Waals surface area contributed by atoms with E-state index in [1.807, 2.05) is 29.2 Å². The molecule has 9 nitrogen and oxygen atoms in total. The van der Waals surface area contributed by atoms with Crippen molar-refractivity contribution in [2.75, 3.05) is 44.7 Å². The van der Waals surface area contributed by atoms with Crippen LogP contribution in [0, 0.1) is 29.5 Å². The zero-order valence-corrected chi connectivity index (χ0v) is 24.8. The van der Waals surface area contributed by atoms with E-state index in [9.17, 15) is 18.8 Å². The molecule has 0 saturated carbocycles. The molecule has 2 aliphatic heterocycles. The van der Waals surface area contributed by atoms with Crippen molar-refractivity contribution in [1.82, 2.24) is 24.8 Å². The van der Waals surface area contributed by atoms with Crippen LogP contribution in [0.15, 0.2) is 55.0 Å². The number of halogens is 2. The highest BCUT2D eigenvalue weighted by molar-refractivity contribution is 6.02. The zero-order chi connectivity index (χ0) is 31.7. The second-order valence-electron chi connectivity index (χ2n) is 11.3. The minimum atomic E-state index is -1.07. The smallest absolute Gasteiger partial charge is 0.319 e. The molecule has 2 aromatic carbocycles. The van der Waals surface area contributed by atoms with Crippen LogP contribution in [0.25, 0.3) is 32.9 Å². The monoisotopic (exact) mass is 607 g/mol. The number of nitriles is 1. The molecular weight excluding hydrogens is 576 g/mol. The second-order valence-corrected chi connectivity index (χ2v) is 11.3. The Labute approximate surface area is 259 Å². The van der Waals surface area contributed by atoms with Crippen LogP contribution < -0.4 is 9.64 Å². The molecule has 228 valence electrons. The summed E-state index contributed by atoms with van der Waals surface area (Å²) in [6, 6.07) is 12.4. The third-order valence-corrected chi connectivity index (χ3v) is 8.63. The molecule has 2 atom stereocenters. The summed E-state index contributed by atoms with van der Waals surface area (Å²) in [6.07, 6.45) is 9.49. The van der Waals surface area contributed by atoms with Gasteiger partial charge in [0, 0.05) is 42.8 Å². The number of likely N-dealkylation sites (N-methyl/N-ethyl adjacent to an activating group) is 1. The number of rotatable bonds is 7. The van der Waals surface area contributed by atoms with E-state index < -0.39 is 23.6 Å². The molecule has 1 amide bonds. The van der Waals surface area contributed by atoms with Crippen LogP contribution in [0.3, 0.4) is 0 Å². The average Bonchev–Trinajstić information content (AvgIpc) is 3.46. The number of terminal acetylenes is 1. The first-order valence-corrected chi connectivity index (χ1v) is 14.7. The fraction of sp³-hybridized carbons (Fsp3) is 0.324. The molecular formula is C34H31F2N7O2. The minimum absolute atomic E-state index is 0.00262. The lowest BCUT2D eigenvalue weighted by Gasteiger charge is -2.41. The number of carbonyl (C=O) groups excluding carboxylic acids is 1. The number of ether oxygens (including phenoxy) is 1. The van der Waals surface area contributed by atoms with Crippen molar-refractivity contribution in [3.63, 3.8) is 0 Å². The summed E-state index contributed by atoms with van der Waals surface area (Å²) in [5.74, 6) is 0.595.